The first-order valence-electron chi connectivity index (χ1n) is 5.24. The van der Waals surface area contributed by atoms with E-state index in [-0.39, 0.29) is 6.42 Å². The molecular formula is C12H10N2O4. The number of hydrogen-bond acceptors (Lipinski definition) is 4. The molecule has 0 radical (unpaired) electrons. The molecule has 0 atom stereocenters. The van der Waals surface area contributed by atoms with E-state index in [4.69, 9.17) is 10.2 Å². The third kappa shape index (κ3) is 2.42. The monoisotopic (exact) mass is 246 g/mol. The van der Waals surface area contributed by atoms with Gasteiger partial charge in [0.05, 0.1) is 16.7 Å². The summed E-state index contributed by atoms with van der Waals surface area (Å²) in [5.74, 6) is -4.25. The lowest BCUT2D eigenvalue weighted by Crippen LogP contribution is -2.25. The Bertz CT molecular complexity index is 598. The quantitative estimate of drug-likeness (QED) is 0.779. The summed E-state index contributed by atoms with van der Waals surface area (Å²) in [7, 11) is 0. The van der Waals surface area contributed by atoms with Crippen molar-refractivity contribution >= 4 is 23.0 Å². The first kappa shape index (κ1) is 12.0. The highest BCUT2D eigenvalue weighted by Gasteiger charge is 2.26. The largest absolute Gasteiger partial charge is 0.481 e. The Balaban J connectivity index is 2.31. The first-order chi connectivity index (χ1) is 8.58. The average molecular weight is 246 g/mol. The number of fused-ring (bicyclic) bond motifs is 1. The molecule has 18 heavy (non-hydrogen) atoms. The molecule has 2 N–H and O–H groups in total. The van der Waals surface area contributed by atoms with Crippen molar-refractivity contribution in [2.75, 3.05) is 0 Å². The zero-order valence-electron chi connectivity index (χ0n) is 9.28. The van der Waals surface area contributed by atoms with Crippen molar-refractivity contribution < 1.29 is 19.8 Å². The molecule has 92 valence electrons. The number of carboxylic acids is 2. The number of para-hydroxylation sites is 2. The molecule has 0 saturated carbocycles. The predicted octanol–water partition coefficient (Wildman–Crippen LogP) is 0.958. The highest BCUT2D eigenvalue weighted by Crippen LogP contribution is 2.12. The molecule has 0 aliphatic rings. The molecule has 1 aromatic carbocycles. The topological polar surface area (TPSA) is 100 Å². The molecule has 1 aromatic heterocycles. The lowest BCUT2D eigenvalue weighted by Gasteiger charge is -2.06. The van der Waals surface area contributed by atoms with E-state index in [0.29, 0.717) is 16.7 Å². The number of carboxylic acid groups (broad SMARTS) is 2. The summed E-state index contributed by atoms with van der Waals surface area (Å²) in [5, 5.41) is 17.6. The summed E-state index contributed by atoms with van der Waals surface area (Å²) >= 11 is 0. The Hall–Kier alpha value is -2.50. The van der Waals surface area contributed by atoms with Crippen LogP contribution in [0.15, 0.2) is 30.5 Å². The van der Waals surface area contributed by atoms with Crippen LogP contribution in [0, 0.1) is 5.92 Å². The van der Waals surface area contributed by atoms with E-state index in [1.807, 2.05) is 6.07 Å². The Morgan fingerprint density at radius 2 is 1.72 bits per heavy atom. The van der Waals surface area contributed by atoms with E-state index < -0.39 is 17.9 Å². The van der Waals surface area contributed by atoms with Crippen LogP contribution >= 0.6 is 0 Å². The van der Waals surface area contributed by atoms with Crippen LogP contribution in [0.3, 0.4) is 0 Å². The van der Waals surface area contributed by atoms with Crippen LogP contribution in [0.2, 0.25) is 0 Å². The standard InChI is InChI=1S/C12H10N2O4/c15-11(16)8(12(17)18)5-7-6-13-9-3-1-2-4-10(9)14-7/h1-4,6,8H,5H2,(H,15,16)(H,17,18). The van der Waals surface area contributed by atoms with Crippen molar-refractivity contribution in [1.29, 1.82) is 0 Å². The molecule has 6 nitrogen and oxygen atoms in total. The van der Waals surface area contributed by atoms with Crippen LogP contribution in [0.4, 0.5) is 0 Å². The smallest absolute Gasteiger partial charge is 0.318 e. The summed E-state index contributed by atoms with van der Waals surface area (Å²) in [6.45, 7) is 0. The van der Waals surface area contributed by atoms with Gasteiger partial charge >= 0.3 is 11.9 Å². The lowest BCUT2D eigenvalue weighted by atomic mass is 10.0. The molecule has 2 rings (SSSR count). The molecule has 1 heterocycles. The molecule has 0 unspecified atom stereocenters. The van der Waals surface area contributed by atoms with E-state index in [0.717, 1.165) is 0 Å². The molecule has 2 aromatic rings. The summed E-state index contributed by atoms with van der Waals surface area (Å²) in [6.07, 6.45) is 1.23. The lowest BCUT2D eigenvalue weighted by molar-refractivity contribution is -0.154. The molecular weight excluding hydrogens is 236 g/mol. The van der Waals surface area contributed by atoms with Crippen LogP contribution < -0.4 is 0 Å². The molecule has 0 saturated heterocycles. The fourth-order valence-corrected chi connectivity index (χ4v) is 1.58. The number of carbonyl (C=O) groups is 2. The fourth-order valence-electron chi connectivity index (χ4n) is 1.58. The number of benzene rings is 1. The van der Waals surface area contributed by atoms with Crippen molar-refractivity contribution in [3.8, 4) is 0 Å². The molecule has 0 spiro atoms. The maximum atomic E-state index is 10.8. The third-order valence-corrected chi connectivity index (χ3v) is 2.51. The van der Waals surface area contributed by atoms with Crippen LogP contribution in [0.25, 0.3) is 11.0 Å². The maximum Gasteiger partial charge on any atom is 0.318 e. The zero-order valence-corrected chi connectivity index (χ0v) is 9.28. The van der Waals surface area contributed by atoms with Gasteiger partial charge in [0, 0.05) is 12.6 Å². The van der Waals surface area contributed by atoms with E-state index in [1.165, 1.54) is 6.20 Å². The van der Waals surface area contributed by atoms with Crippen LogP contribution in [0.1, 0.15) is 5.69 Å². The summed E-state index contributed by atoms with van der Waals surface area (Å²) in [6, 6.07) is 7.11. The number of aliphatic carboxylic acids is 2. The normalized spacial score (nSPS) is 10.7. The first-order valence-corrected chi connectivity index (χ1v) is 5.24. The second kappa shape index (κ2) is 4.79. The van der Waals surface area contributed by atoms with E-state index in [2.05, 4.69) is 9.97 Å². The Kier molecular flexibility index (Phi) is 3.18. The SMILES string of the molecule is O=C(O)C(Cc1cnc2ccccc2n1)C(=O)O. The minimum atomic E-state index is -1.50. The summed E-state index contributed by atoms with van der Waals surface area (Å²) in [4.78, 5) is 29.9. The molecule has 0 aliphatic carbocycles. The molecule has 0 fully saturated rings. The van der Waals surface area contributed by atoms with Gasteiger partial charge in [0.25, 0.3) is 0 Å². The van der Waals surface area contributed by atoms with E-state index >= 15 is 0 Å². The molecule has 0 aliphatic heterocycles. The third-order valence-electron chi connectivity index (χ3n) is 2.51. The highest BCUT2D eigenvalue weighted by molar-refractivity contribution is 5.93. The van der Waals surface area contributed by atoms with Gasteiger partial charge in [0.1, 0.15) is 0 Å². The minimum Gasteiger partial charge on any atom is -0.481 e. The zero-order chi connectivity index (χ0) is 13.1. The van der Waals surface area contributed by atoms with Crippen LogP contribution in [0.5, 0.6) is 0 Å². The van der Waals surface area contributed by atoms with Crippen molar-refractivity contribution in [2.45, 2.75) is 6.42 Å². The van der Waals surface area contributed by atoms with E-state index in [9.17, 15) is 9.59 Å². The second-order valence-corrected chi connectivity index (χ2v) is 3.78. The Morgan fingerprint density at radius 3 is 2.33 bits per heavy atom. The van der Waals surface area contributed by atoms with Crippen LogP contribution in [-0.4, -0.2) is 32.1 Å². The Labute approximate surface area is 102 Å². The predicted molar refractivity (Wildman–Crippen MR) is 62.0 cm³/mol. The summed E-state index contributed by atoms with van der Waals surface area (Å²) in [5.41, 5.74) is 1.65. The number of nitrogens with zero attached hydrogens (tertiary/aromatic N) is 2. The van der Waals surface area contributed by atoms with E-state index in [1.54, 1.807) is 18.2 Å². The number of hydrogen-bond donors (Lipinski definition) is 2. The van der Waals surface area contributed by atoms with Crippen molar-refractivity contribution in [1.82, 2.24) is 9.97 Å². The molecule has 0 bridgehead atoms. The average Bonchev–Trinajstić information content (AvgIpc) is 2.35. The number of rotatable bonds is 4. The molecule has 6 heteroatoms. The highest BCUT2D eigenvalue weighted by atomic mass is 16.4. The molecule has 0 amide bonds. The van der Waals surface area contributed by atoms with Gasteiger partial charge in [-0.2, -0.15) is 0 Å². The number of aromatic nitrogens is 2. The minimum absolute atomic E-state index is 0.178. The second-order valence-electron chi connectivity index (χ2n) is 3.78. The van der Waals surface area contributed by atoms with Crippen LogP contribution in [-0.2, 0) is 16.0 Å². The van der Waals surface area contributed by atoms with Gasteiger partial charge in [-0.05, 0) is 12.1 Å². The summed E-state index contributed by atoms with van der Waals surface area (Å²) < 4.78 is 0. The van der Waals surface area contributed by atoms with Gasteiger partial charge in [0.2, 0.25) is 0 Å². The maximum absolute atomic E-state index is 10.8. The Morgan fingerprint density at radius 1 is 1.11 bits per heavy atom. The van der Waals surface area contributed by atoms with Gasteiger partial charge in [-0.15, -0.1) is 0 Å². The van der Waals surface area contributed by atoms with Crippen molar-refractivity contribution in [2.24, 2.45) is 5.92 Å². The van der Waals surface area contributed by atoms with Gasteiger partial charge in [-0.25, -0.2) is 4.98 Å². The van der Waals surface area contributed by atoms with Gasteiger partial charge in [-0.3, -0.25) is 14.6 Å². The van der Waals surface area contributed by atoms with Crippen molar-refractivity contribution in [3.05, 3.63) is 36.2 Å². The fraction of sp³-hybridized carbons (Fsp3) is 0.167. The van der Waals surface area contributed by atoms with Gasteiger partial charge < -0.3 is 10.2 Å². The van der Waals surface area contributed by atoms with Crippen molar-refractivity contribution in [3.63, 3.8) is 0 Å². The van der Waals surface area contributed by atoms with Gasteiger partial charge in [-0.1, -0.05) is 12.1 Å². The van der Waals surface area contributed by atoms with Gasteiger partial charge in [0.15, 0.2) is 5.92 Å².